The van der Waals surface area contributed by atoms with E-state index in [0.717, 1.165) is 30.1 Å². The predicted molar refractivity (Wildman–Crippen MR) is 82.3 cm³/mol. The number of nitrogens with zero attached hydrogens (tertiary/aromatic N) is 3. The van der Waals surface area contributed by atoms with E-state index in [1.54, 1.807) is 12.3 Å². The molecule has 0 unspecified atom stereocenters. The van der Waals surface area contributed by atoms with Crippen molar-refractivity contribution >= 4 is 11.6 Å². The first-order valence-electron chi connectivity index (χ1n) is 6.84. The van der Waals surface area contributed by atoms with E-state index >= 15 is 0 Å². The van der Waals surface area contributed by atoms with Crippen LogP contribution in [0.2, 0.25) is 5.15 Å². The van der Waals surface area contributed by atoms with Crippen molar-refractivity contribution in [1.29, 1.82) is 0 Å². The highest BCUT2D eigenvalue weighted by atomic mass is 35.5. The fourth-order valence-electron chi connectivity index (χ4n) is 2.13. The summed E-state index contributed by atoms with van der Waals surface area (Å²) >= 11 is 5.77. The summed E-state index contributed by atoms with van der Waals surface area (Å²) in [6, 6.07) is 14.1. The van der Waals surface area contributed by atoms with E-state index in [0.29, 0.717) is 11.6 Å². The number of aryl methyl sites for hydroxylation is 2. The SMILES string of the molecule is Clc1ccc(Cc2nc(CCc3ccccc3)n[nH]2)cn1. The number of H-pyrrole nitrogens is 1. The first kappa shape index (κ1) is 13.8. The van der Waals surface area contributed by atoms with Gasteiger partial charge in [0, 0.05) is 19.0 Å². The van der Waals surface area contributed by atoms with Crippen molar-refractivity contribution in [2.24, 2.45) is 0 Å². The molecule has 0 saturated carbocycles. The Labute approximate surface area is 128 Å². The normalized spacial score (nSPS) is 10.7. The zero-order chi connectivity index (χ0) is 14.5. The molecule has 2 aromatic heterocycles. The second-order valence-electron chi connectivity index (χ2n) is 4.85. The highest BCUT2D eigenvalue weighted by Gasteiger charge is 2.05. The van der Waals surface area contributed by atoms with Crippen LogP contribution in [-0.2, 0) is 19.3 Å². The average molecular weight is 299 g/mol. The largest absolute Gasteiger partial charge is 0.263 e. The minimum atomic E-state index is 0.500. The van der Waals surface area contributed by atoms with Gasteiger partial charge in [-0.15, -0.1) is 0 Å². The van der Waals surface area contributed by atoms with Gasteiger partial charge in [0.1, 0.15) is 11.0 Å². The molecule has 1 aromatic carbocycles. The summed E-state index contributed by atoms with van der Waals surface area (Å²) in [5.74, 6) is 1.69. The van der Waals surface area contributed by atoms with Crippen LogP contribution in [0.4, 0.5) is 0 Å². The van der Waals surface area contributed by atoms with E-state index in [2.05, 4.69) is 32.3 Å². The molecular weight excluding hydrogens is 284 g/mol. The first-order valence-corrected chi connectivity index (χ1v) is 7.22. The number of benzene rings is 1. The van der Waals surface area contributed by atoms with Crippen LogP contribution in [0.3, 0.4) is 0 Å². The van der Waals surface area contributed by atoms with Crippen molar-refractivity contribution in [3.8, 4) is 0 Å². The Balaban J connectivity index is 1.59. The minimum absolute atomic E-state index is 0.500. The van der Waals surface area contributed by atoms with Gasteiger partial charge in [-0.1, -0.05) is 48.0 Å². The smallest absolute Gasteiger partial charge is 0.151 e. The van der Waals surface area contributed by atoms with Crippen molar-refractivity contribution in [3.63, 3.8) is 0 Å². The van der Waals surface area contributed by atoms with Gasteiger partial charge in [-0.25, -0.2) is 9.97 Å². The average Bonchev–Trinajstić information content (AvgIpc) is 2.96. The maximum Gasteiger partial charge on any atom is 0.151 e. The predicted octanol–water partition coefficient (Wildman–Crippen LogP) is 3.23. The summed E-state index contributed by atoms with van der Waals surface area (Å²) in [5.41, 5.74) is 2.36. The standard InChI is InChI=1S/C16H15ClN4/c17-14-8-6-13(11-18-14)10-16-19-15(20-21-16)9-7-12-4-2-1-3-5-12/h1-6,8,11H,7,9-10H2,(H,19,20,21). The highest BCUT2D eigenvalue weighted by molar-refractivity contribution is 6.29. The van der Waals surface area contributed by atoms with Crippen molar-refractivity contribution in [1.82, 2.24) is 20.2 Å². The minimum Gasteiger partial charge on any atom is -0.263 e. The van der Waals surface area contributed by atoms with Crippen LogP contribution < -0.4 is 0 Å². The number of halogens is 1. The van der Waals surface area contributed by atoms with E-state index in [9.17, 15) is 0 Å². The number of aromatic nitrogens is 4. The third-order valence-electron chi connectivity index (χ3n) is 3.22. The lowest BCUT2D eigenvalue weighted by Gasteiger charge is -1.98. The summed E-state index contributed by atoms with van der Waals surface area (Å²) in [6.07, 6.45) is 4.22. The lowest BCUT2D eigenvalue weighted by atomic mass is 10.1. The molecule has 106 valence electrons. The number of aromatic amines is 1. The molecule has 5 heteroatoms. The Kier molecular flexibility index (Phi) is 4.26. The van der Waals surface area contributed by atoms with E-state index < -0.39 is 0 Å². The molecule has 2 heterocycles. The number of hydrogen-bond donors (Lipinski definition) is 1. The Morgan fingerprint density at radius 1 is 0.952 bits per heavy atom. The zero-order valence-corrected chi connectivity index (χ0v) is 12.2. The van der Waals surface area contributed by atoms with E-state index in [-0.39, 0.29) is 0 Å². The molecule has 4 nitrogen and oxygen atoms in total. The lowest BCUT2D eigenvalue weighted by Crippen LogP contribution is -1.94. The first-order chi connectivity index (χ1) is 10.3. The number of hydrogen-bond acceptors (Lipinski definition) is 3. The molecule has 0 atom stereocenters. The Morgan fingerprint density at radius 3 is 2.57 bits per heavy atom. The van der Waals surface area contributed by atoms with Gasteiger partial charge in [0.25, 0.3) is 0 Å². The molecule has 0 aliphatic rings. The van der Waals surface area contributed by atoms with Crippen LogP contribution in [0.1, 0.15) is 22.8 Å². The van der Waals surface area contributed by atoms with Crippen LogP contribution >= 0.6 is 11.6 Å². The van der Waals surface area contributed by atoms with Crippen molar-refractivity contribution in [2.45, 2.75) is 19.3 Å². The number of rotatable bonds is 5. The molecule has 0 aliphatic carbocycles. The van der Waals surface area contributed by atoms with Crippen molar-refractivity contribution in [3.05, 3.63) is 76.6 Å². The summed E-state index contributed by atoms with van der Waals surface area (Å²) < 4.78 is 0. The summed E-state index contributed by atoms with van der Waals surface area (Å²) in [7, 11) is 0. The second kappa shape index (κ2) is 6.50. The van der Waals surface area contributed by atoms with Gasteiger partial charge in [-0.2, -0.15) is 5.10 Å². The molecule has 0 spiro atoms. The molecule has 3 aromatic rings. The fourth-order valence-corrected chi connectivity index (χ4v) is 2.24. The molecule has 3 rings (SSSR count). The van der Waals surface area contributed by atoms with Gasteiger partial charge < -0.3 is 0 Å². The maximum absolute atomic E-state index is 5.77. The molecule has 0 amide bonds. The van der Waals surface area contributed by atoms with E-state index in [1.165, 1.54) is 5.56 Å². The third-order valence-corrected chi connectivity index (χ3v) is 3.44. The van der Waals surface area contributed by atoms with Crippen LogP contribution in [0, 0.1) is 0 Å². The van der Waals surface area contributed by atoms with Gasteiger partial charge in [0.2, 0.25) is 0 Å². The van der Waals surface area contributed by atoms with Gasteiger partial charge in [0.05, 0.1) is 0 Å². The Morgan fingerprint density at radius 2 is 1.81 bits per heavy atom. The third kappa shape index (κ3) is 3.89. The molecular formula is C16H15ClN4. The van der Waals surface area contributed by atoms with Gasteiger partial charge in [-0.3, -0.25) is 5.10 Å². The summed E-state index contributed by atoms with van der Waals surface area (Å²) in [5, 5.41) is 7.75. The van der Waals surface area contributed by atoms with E-state index in [4.69, 9.17) is 11.6 Å². The number of nitrogens with one attached hydrogen (secondary N) is 1. The molecule has 1 N–H and O–H groups in total. The lowest BCUT2D eigenvalue weighted by molar-refractivity contribution is 0.865. The monoisotopic (exact) mass is 298 g/mol. The van der Waals surface area contributed by atoms with Gasteiger partial charge >= 0.3 is 0 Å². The Hall–Kier alpha value is -2.20. The maximum atomic E-state index is 5.77. The zero-order valence-electron chi connectivity index (χ0n) is 11.5. The van der Waals surface area contributed by atoms with Crippen LogP contribution in [0.5, 0.6) is 0 Å². The van der Waals surface area contributed by atoms with Crippen LogP contribution in [-0.4, -0.2) is 20.2 Å². The van der Waals surface area contributed by atoms with E-state index in [1.807, 2.05) is 24.3 Å². The quantitative estimate of drug-likeness (QED) is 0.736. The molecule has 0 saturated heterocycles. The molecule has 0 aliphatic heterocycles. The molecule has 0 radical (unpaired) electrons. The van der Waals surface area contributed by atoms with Gasteiger partial charge in [0.15, 0.2) is 5.82 Å². The second-order valence-corrected chi connectivity index (χ2v) is 5.24. The fraction of sp³-hybridized carbons (Fsp3) is 0.188. The highest BCUT2D eigenvalue weighted by Crippen LogP contribution is 2.09. The topological polar surface area (TPSA) is 54.5 Å². The van der Waals surface area contributed by atoms with Crippen LogP contribution in [0.15, 0.2) is 48.7 Å². The summed E-state index contributed by atoms with van der Waals surface area (Å²) in [6.45, 7) is 0. The molecule has 0 bridgehead atoms. The van der Waals surface area contributed by atoms with Crippen molar-refractivity contribution < 1.29 is 0 Å². The molecule has 21 heavy (non-hydrogen) atoms. The number of pyridine rings is 1. The van der Waals surface area contributed by atoms with Gasteiger partial charge in [-0.05, 0) is 23.6 Å². The Bertz CT molecular complexity index is 692. The summed E-state index contributed by atoms with van der Waals surface area (Å²) in [4.78, 5) is 8.58. The van der Waals surface area contributed by atoms with Crippen molar-refractivity contribution in [2.75, 3.05) is 0 Å². The molecule has 0 fully saturated rings. The van der Waals surface area contributed by atoms with Crippen LogP contribution in [0.25, 0.3) is 0 Å².